The van der Waals surface area contributed by atoms with Gasteiger partial charge in [0.2, 0.25) is 11.8 Å². The van der Waals surface area contributed by atoms with Gasteiger partial charge < -0.3 is 20.4 Å². The molecule has 0 radical (unpaired) electrons. The Bertz CT molecular complexity index is 1230. The Kier molecular flexibility index (Phi) is 8.67. The van der Waals surface area contributed by atoms with Gasteiger partial charge >= 0.3 is 12.2 Å². The number of amides is 5. The molecular formula is C31H44N6O4. The minimum Gasteiger partial charge on any atom is -0.332 e. The highest BCUT2D eigenvalue weighted by molar-refractivity contribution is 6.07. The predicted molar refractivity (Wildman–Crippen MR) is 157 cm³/mol. The van der Waals surface area contributed by atoms with Crippen molar-refractivity contribution < 1.29 is 19.2 Å². The Hall–Kier alpha value is -3.61. The summed E-state index contributed by atoms with van der Waals surface area (Å²) in [5.74, 6) is -1.10. The van der Waals surface area contributed by atoms with Gasteiger partial charge in [0.15, 0.2) is 0 Å². The maximum absolute atomic E-state index is 14.3. The Labute approximate surface area is 243 Å². The van der Waals surface area contributed by atoms with E-state index in [1.165, 1.54) is 9.80 Å². The molecule has 3 heterocycles. The molecular weight excluding hydrogens is 520 g/mol. The molecule has 4 rings (SSSR count). The normalized spacial score (nSPS) is 23.6. The molecule has 1 spiro atoms. The van der Waals surface area contributed by atoms with Gasteiger partial charge in [0.1, 0.15) is 17.5 Å². The van der Waals surface area contributed by atoms with E-state index in [-0.39, 0.29) is 48.1 Å². The quantitative estimate of drug-likeness (QED) is 0.512. The summed E-state index contributed by atoms with van der Waals surface area (Å²) < 4.78 is 0. The number of rotatable bonds is 6. The molecule has 0 bridgehead atoms. The maximum atomic E-state index is 14.3. The fourth-order valence-electron chi connectivity index (χ4n) is 6.33. The Balaban J connectivity index is 1.60. The van der Waals surface area contributed by atoms with Gasteiger partial charge in [0, 0.05) is 32.4 Å². The molecule has 3 aliphatic rings. The number of hydrogen-bond donors (Lipinski definition) is 2. The molecule has 5 amide bonds. The van der Waals surface area contributed by atoms with Crippen LogP contribution >= 0.6 is 0 Å². The smallest absolute Gasteiger partial charge is 0.318 e. The van der Waals surface area contributed by atoms with Crippen molar-refractivity contribution >= 4 is 29.4 Å². The molecule has 0 aliphatic carbocycles. The standard InChI is InChI=1S/C31H44N6O4/c1-20(2)25(34-29(41)36-15-11-8-12-16-36)27(39)35(7)23(17-30(3,4)5)26(38)37-19-31(18-24(37)32-6)21-13-9-10-14-22(21)33-28(31)40/h9-10,13-14,20,23-25H,8,11-12,15-19H2,1-5,7H3,(H,33,40)(H,34,41)/t23-,24-,25-,31-/m0/s1. The van der Waals surface area contributed by atoms with Crippen LogP contribution in [-0.4, -0.2) is 83.4 Å². The van der Waals surface area contributed by atoms with E-state index >= 15 is 0 Å². The van der Waals surface area contributed by atoms with E-state index in [4.69, 9.17) is 6.57 Å². The summed E-state index contributed by atoms with van der Waals surface area (Å²) in [6, 6.07) is 5.48. The van der Waals surface area contributed by atoms with Crippen molar-refractivity contribution in [1.29, 1.82) is 0 Å². The predicted octanol–water partition coefficient (Wildman–Crippen LogP) is 3.84. The van der Waals surface area contributed by atoms with Crippen molar-refractivity contribution in [3.63, 3.8) is 0 Å². The molecule has 2 N–H and O–H groups in total. The first kappa shape index (κ1) is 30.4. The average Bonchev–Trinajstić information content (AvgIpc) is 3.46. The van der Waals surface area contributed by atoms with Crippen LogP contribution in [0.3, 0.4) is 0 Å². The number of carbonyl (C=O) groups excluding carboxylic acids is 4. The minimum atomic E-state index is -1.00. The largest absolute Gasteiger partial charge is 0.332 e. The van der Waals surface area contributed by atoms with E-state index in [0.29, 0.717) is 25.2 Å². The zero-order valence-electron chi connectivity index (χ0n) is 25.2. The summed E-state index contributed by atoms with van der Waals surface area (Å²) in [5.41, 5.74) is 0.185. The summed E-state index contributed by atoms with van der Waals surface area (Å²) in [6.07, 6.45) is 2.70. The van der Waals surface area contributed by atoms with Crippen LogP contribution in [0.25, 0.3) is 4.85 Å². The number of hydrogen-bond acceptors (Lipinski definition) is 4. The van der Waals surface area contributed by atoms with E-state index in [0.717, 1.165) is 24.8 Å². The number of nitrogens with zero attached hydrogens (tertiary/aromatic N) is 4. The third-order valence-electron chi connectivity index (χ3n) is 8.65. The fourth-order valence-corrected chi connectivity index (χ4v) is 6.33. The lowest BCUT2D eigenvalue weighted by molar-refractivity contribution is -0.147. The second-order valence-corrected chi connectivity index (χ2v) is 13.3. The lowest BCUT2D eigenvalue weighted by atomic mass is 9.80. The third-order valence-corrected chi connectivity index (χ3v) is 8.65. The Morgan fingerprint density at radius 2 is 1.83 bits per heavy atom. The Morgan fingerprint density at radius 1 is 1.17 bits per heavy atom. The molecule has 0 saturated carbocycles. The number of carbonyl (C=O) groups is 4. The maximum Gasteiger partial charge on any atom is 0.318 e. The average molecular weight is 565 g/mol. The molecule has 41 heavy (non-hydrogen) atoms. The highest BCUT2D eigenvalue weighted by Gasteiger charge is 2.59. The van der Waals surface area contributed by atoms with Gasteiger partial charge in [-0.15, -0.1) is 0 Å². The van der Waals surface area contributed by atoms with Crippen molar-refractivity contribution in [2.24, 2.45) is 11.3 Å². The number of likely N-dealkylation sites (tertiary alicyclic amines) is 2. The number of para-hydroxylation sites is 1. The molecule has 4 atom stereocenters. The lowest BCUT2D eigenvalue weighted by Crippen LogP contribution is -2.59. The molecule has 2 fully saturated rings. The summed E-state index contributed by atoms with van der Waals surface area (Å²) in [6.45, 7) is 19.1. The second kappa shape index (κ2) is 11.7. The molecule has 0 aromatic heterocycles. The van der Waals surface area contributed by atoms with Crippen molar-refractivity contribution in [3.05, 3.63) is 41.2 Å². The number of nitrogens with one attached hydrogen (secondary N) is 2. The summed E-state index contributed by atoms with van der Waals surface area (Å²) >= 11 is 0. The van der Waals surface area contributed by atoms with Gasteiger partial charge in [0.25, 0.3) is 5.91 Å². The van der Waals surface area contributed by atoms with E-state index in [1.54, 1.807) is 11.9 Å². The third kappa shape index (κ3) is 6.04. The van der Waals surface area contributed by atoms with Crippen LogP contribution in [-0.2, 0) is 19.8 Å². The summed E-state index contributed by atoms with van der Waals surface area (Å²) in [4.78, 5) is 63.0. The number of benzene rings is 1. The van der Waals surface area contributed by atoms with E-state index in [9.17, 15) is 19.2 Å². The van der Waals surface area contributed by atoms with Gasteiger partial charge in [-0.3, -0.25) is 24.1 Å². The van der Waals surface area contributed by atoms with Crippen LogP contribution in [0.1, 0.15) is 72.3 Å². The van der Waals surface area contributed by atoms with E-state index < -0.39 is 23.7 Å². The number of piperidine rings is 1. The first-order valence-electron chi connectivity index (χ1n) is 14.7. The van der Waals surface area contributed by atoms with Gasteiger partial charge in [0.05, 0.1) is 6.42 Å². The number of fused-ring (bicyclic) bond motifs is 2. The molecule has 1 aromatic rings. The van der Waals surface area contributed by atoms with Crippen molar-refractivity contribution in [2.75, 3.05) is 32.0 Å². The van der Waals surface area contributed by atoms with E-state index in [2.05, 4.69) is 15.5 Å². The first-order valence-corrected chi connectivity index (χ1v) is 14.7. The van der Waals surface area contributed by atoms with Crippen LogP contribution < -0.4 is 10.6 Å². The van der Waals surface area contributed by atoms with Crippen LogP contribution in [0.5, 0.6) is 0 Å². The zero-order chi connectivity index (χ0) is 30.1. The van der Waals surface area contributed by atoms with Gasteiger partial charge in [-0.1, -0.05) is 52.8 Å². The number of likely N-dealkylation sites (N-methyl/N-ethyl adjacent to an activating group) is 1. The van der Waals surface area contributed by atoms with Gasteiger partial charge in [-0.25, -0.2) is 11.4 Å². The molecule has 10 heteroatoms. The molecule has 222 valence electrons. The van der Waals surface area contributed by atoms with Crippen molar-refractivity contribution in [2.45, 2.75) is 90.4 Å². The van der Waals surface area contributed by atoms with Crippen LogP contribution in [0.15, 0.2) is 24.3 Å². The van der Waals surface area contributed by atoms with Gasteiger partial charge in [-0.05, 0) is 48.6 Å². The lowest BCUT2D eigenvalue weighted by Gasteiger charge is -2.37. The molecule has 2 saturated heterocycles. The molecule has 10 nitrogen and oxygen atoms in total. The number of anilines is 1. The highest BCUT2D eigenvalue weighted by atomic mass is 16.2. The molecule has 3 aliphatic heterocycles. The van der Waals surface area contributed by atoms with Crippen molar-refractivity contribution in [1.82, 2.24) is 20.0 Å². The monoisotopic (exact) mass is 564 g/mol. The van der Waals surface area contributed by atoms with Gasteiger partial charge in [-0.2, -0.15) is 0 Å². The zero-order valence-corrected chi connectivity index (χ0v) is 25.2. The highest BCUT2D eigenvalue weighted by Crippen LogP contribution is 2.47. The summed E-state index contributed by atoms with van der Waals surface area (Å²) in [5, 5.41) is 5.87. The number of urea groups is 1. The topological polar surface area (TPSA) is 106 Å². The van der Waals surface area contributed by atoms with Crippen LogP contribution in [0.4, 0.5) is 10.5 Å². The second-order valence-electron chi connectivity index (χ2n) is 13.3. The Morgan fingerprint density at radius 3 is 2.44 bits per heavy atom. The van der Waals surface area contributed by atoms with E-state index in [1.807, 2.05) is 58.9 Å². The summed E-state index contributed by atoms with van der Waals surface area (Å²) in [7, 11) is 1.61. The minimum absolute atomic E-state index is 0.0731. The van der Waals surface area contributed by atoms with Crippen LogP contribution in [0.2, 0.25) is 0 Å². The molecule has 1 aromatic carbocycles. The molecule has 0 unspecified atom stereocenters. The SMILES string of the molecule is [C-]#[N+][C@@H]1C[C@@]2(CN1C(=O)[C@H](CC(C)(C)C)N(C)C(=O)[C@@H](NC(=O)N1CCCCC1)C(C)C)C(=O)Nc1ccccc12. The van der Waals surface area contributed by atoms with Crippen molar-refractivity contribution in [3.8, 4) is 0 Å². The van der Waals surface area contributed by atoms with Crippen LogP contribution in [0, 0.1) is 17.9 Å². The first-order chi connectivity index (χ1) is 19.3. The fraction of sp³-hybridized carbons (Fsp3) is 0.645.